The Morgan fingerprint density at radius 1 is 1.21 bits per heavy atom. The highest BCUT2D eigenvalue weighted by Gasteiger charge is 2.41. The Morgan fingerprint density at radius 3 is 2.47 bits per heavy atom. The molecule has 2 atom stereocenters. The van der Waals surface area contributed by atoms with E-state index in [1.165, 1.54) is 58.2 Å². The van der Waals surface area contributed by atoms with E-state index in [9.17, 15) is 0 Å². The van der Waals surface area contributed by atoms with Crippen molar-refractivity contribution in [2.24, 2.45) is 11.8 Å². The number of piperazine rings is 1. The lowest BCUT2D eigenvalue weighted by atomic mass is 9.88. The predicted molar refractivity (Wildman–Crippen MR) is 83.5 cm³/mol. The highest BCUT2D eigenvalue weighted by atomic mass is 15.3. The van der Waals surface area contributed by atoms with E-state index in [-0.39, 0.29) is 0 Å². The van der Waals surface area contributed by atoms with Gasteiger partial charge in [0.1, 0.15) is 0 Å². The summed E-state index contributed by atoms with van der Waals surface area (Å²) in [5, 5.41) is 3.92. The van der Waals surface area contributed by atoms with Gasteiger partial charge >= 0.3 is 0 Å². The van der Waals surface area contributed by atoms with Gasteiger partial charge in [0.15, 0.2) is 0 Å². The fourth-order valence-electron chi connectivity index (χ4n) is 4.24. The molecule has 112 valence electrons. The quantitative estimate of drug-likeness (QED) is 0.817. The lowest BCUT2D eigenvalue weighted by molar-refractivity contribution is 0.0451. The first-order chi connectivity index (χ1) is 9.06. The van der Waals surface area contributed by atoms with Crippen LogP contribution in [0.15, 0.2) is 0 Å². The second-order valence-electron chi connectivity index (χ2n) is 7.50. The molecule has 0 amide bonds. The van der Waals surface area contributed by atoms with Crippen molar-refractivity contribution >= 4 is 0 Å². The minimum Gasteiger partial charge on any atom is -0.308 e. The van der Waals surface area contributed by atoms with Crippen molar-refractivity contribution in [1.82, 2.24) is 10.2 Å². The average Bonchev–Trinajstić information content (AvgIpc) is 2.77. The maximum Gasteiger partial charge on any atom is 0.0309 e. The SMILES string of the molecule is CCCC(C)CN1CC2(CCCC2)NCC1C(C)C. The largest absolute Gasteiger partial charge is 0.308 e. The highest BCUT2D eigenvalue weighted by molar-refractivity contribution is 5.01. The van der Waals surface area contributed by atoms with Gasteiger partial charge in [-0.05, 0) is 31.1 Å². The van der Waals surface area contributed by atoms with Gasteiger partial charge in [0.25, 0.3) is 0 Å². The van der Waals surface area contributed by atoms with Crippen molar-refractivity contribution in [1.29, 1.82) is 0 Å². The zero-order valence-electron chi connectivity index (χ0n) is 13.5. The maximum absolute atomic E-state index is 3.92. The normalized spacial score (nSPS) is 29.2. The molecule has 2 aliphatic rings. The van der Waals surface area contributed by atoms with Gasteiger partial charge < -0.3 is 5.32 Å². The van der Waals surface area contributed by atoms with Crippen LogP contribution >= 0.6 is 0 Å². The van der Waals surface area contributed by atoms with Crippen LogP contribution in [-0.2, 0) is 0 Å². The van der Waals surface area contributed by atoms with E-state index in [1.54, 1.807) is 0 Å². The molecule has 1 saturated heterocycles. The molecule has 1 aliphatic heterocycles. The first kappa shape index (κ1) is 15.3. The fourth-order valence-corrected chi connectivity index (χ4v) is 4.24. The summed E-state index contributed by atoms with van der Waals surface area (Å²) in [7, 11) is 0. The second-order valence-corrected chi connectivity index (χ2v) is 7.50. The second kappa shape index (κ2) is 6.58. The lowest BCUT2D eigenvalue weighted by Crippen LogP contribution is -2.64. The maximum atomic E-state index is 3.92. The molecule has 19 heavy (non-hydrogen) atoms. The average molecular weight is 266 g/mol. The number of nitrogens with zero attached hydrogens (tertiary/aromatic N) is 1. The molecule has 0 aromatic carbocycles. The topological polar surface area (TPSA) is 15.3 Å². The van der Waals surface area contributed by atoms with Crippen LogP contribution in [0.4, 0.5) is 0 Å². The molecule has 0 aromatic rings. The first-order valence-electron chi connectivity index (χ1n) is 8.55. The van der Waals surface area contributed by atoms with Crippen molar-refractivity contribution in [2.75, 3.05) is 19.6 Å². The van der Waals surface area contributed by atoms with E-state index in [1.807, 2.05) is 0 Å². The van der Waals surface area contributed by atoms with Crippen LogP contribution in [0.2, 0.25) is 0 Å². The Hall–Kier alpha value is -0.0800. The molecule has 2 nitrogen and oxygen atoms in total. The van der Waals surface area contributed by atoms with Gasteiger partial charge in [-0.2, -0.15) is 0 Å². The van der Waals surface area contributed by atoms with Crippen molar-refractivity contribution in [3.63, 3.8) is 0 Å². The summed E-state index contributed by atoms with van der Waals surface area (Å²) in [6.07, 6.45) is 8.36. The van der Waals surface area contributed by atoms with Crippen LogP contribution in [0, 0.1) is 11.8 Å². The molecule has 2 unspecified atom stereocenters. The Kier molecular flexibility index (Phi) is 5.30. The zero-order chi connectivity index (χ0) is 13.9. The predicted octanol–water partition coefficient (Wildman–Crippen LogP) is 3.67. The Labute approximate surface area is 120 Å². The number of nitrogens with one attached hydrogen (secondary N) is 1. The molecule has 1 spiro atoms. The van der Waals surface area contributed by atoms with Gasteiger partial charge in [0.05, 0.1) is 0 Å². The molecule has 2 fully saturated rings. The van der Waals surface area contributed by atoms with E-state index in [4.69, 9.17) is 0 Å². The standard InChI is InChI=1S/C17H34N2/c1-5-8-15(4)12-19-13-17(9-6-7-10-17)18-11-16(19)14(2)3/h14-16,18H,5-13H2,1-4H3. The first-order valence-corrected chi connectivity index (χ1v) is 8.55. The summed E-state index contributed by atoms with van der Waals surface area (Å²) in [4.78, 5) is 2.83. The van der Waals surface area contributed by atoms with Gasteiger partial charge in [0, 0.05) is 31.2 Å². The Balaban J connectivity index is 2.00. The molecule has 2 rings (SSSR count). The molecule has 0 aromatic heterocycles. The van der Waals surface area contributed by atoms with Gasteiger partial charge in [-0.25, -0.2) is 0 Å². The molecular formula is C17H34N2. The van der Waals surface area contributed by atoms with Crippen molar-refractivity contribution in [2.45, 2.75) is 77.8 Å². The van der Waals surface area contributed by atoms with Gasteiger partial charge in [-0.1, -0.05) is 47.0 Å². The summed E-state index contributed by atoms with van der Waals surface area (Å²) in [5.41, 5.74) is 0.470. The van der Waals surface area contributed by atoms with E-state index in [0.29, 0.717) is 5.54 Å². The molecule has 1 heterocycles. The van der Waals surface area contributed by atoms with Gasteiger partial charge in [0.2, 0.25) is 0 Å². The van der Waals surface area contributed by atoms with Crippen LogP contribution in [0.3, 0.4) is 0 Å². The van der Waals surface area contributed by atoms with E-state index in [0.717, 1.165) is 17.9 Å². The summed E-state index contributed by atoms with van der Waals surface area (Å²) in [6, 6.07) is 0.741. The molecular weight excluding hydrogens is 232 g/mol. The van der Waals surface area contributed by atoms with Gasteiger partial charge in [-0.15, -0.1) is 0 Å². The monoisotopic (exact) mass is 266 g/mol. The summed E-state index contributed by atoms with van der Waals surface area (Å²) in [6.45, 7) is 13.3. The molecule has 0 radical (unpaired) electrons. The van der Waals surface area contributed by atoms with Crippen LogP contribution in [-0.4, -0.2) is 36.1 Å². The minimum atomic E-state index is 0.470. The summed E-state index contributed by atoms with van der Waals surface area (Å²) in [5.74, 6) is 1.61. The lowest BCUT2D eigenvalue weighted by Gasteiger charge is -2.48. The molecule has 1 aliphatic carbocycles. The third kappa shape index (κ3) is 3.72. The third-order valence-corrected chi connectivity index (χ3v) is 5.32. The number of hydrogen-bond acceptors (Lipinski definition) is 2. The highest BCUT2D eigenvalue weighted by Crippen LogP contribution is 2.34. The van der Waals surface area contributed by atoms with Crippen molar-refractivity contribution in [3.05, 3.63) is 0 Å². The Bertz CT molecular complexity index is 268. The smallest absolute Gasteiger partial charge is 0.0309 e. The van der Waals surface area contributed by atoms with Crippen molar-refractivity contribution in [3.8, 4) is 0 Å². The number of hydrogen-bond donors (Lipinski definition) is 1. The van der Waals surface area contributed by atoms with E-state index < -0.39 is 0 Å². The van der Waals surface area contributed by atoms with Crippen molar-refractivity contribution < 1.29 is 0 Å². The third-order valence-electron chi connectivity index (χ3n) is 5.32. The zero-order valence-corrected chi connectivity index (χ0v) is 13.5. The van der Waals surface area contributed by atoms with E-state index in [2.05, 4.69) is 37.9 Å². The van der Waals surface area contributed by atoms with E-state index >= 15 is 0 Å². The number of rotatable bonds is 5. The molecule has 1 saturated carbocycles. The molecule has 0 bridgehead atoms. The summed E-state index contributed by atoms with van der Waals surface area (Å²) < 4.78 is 0. The van der Waals surface area contributed by atoms with Crippen LogP contribution < -0.4 is 5.32 Å². The van der Waals surface area contributed by atoms with Crippen LogP contribution in [0.25, 0.3) is 0 Å². The molecule has 2 heteroatoms. The van der Waals surface area contributed by atoms with Gasteiger partial charge in [-0.3, -0.25) is 4.90 Å². The summed E-state index contributed by atoms with van der Waals surface area (Å²) >= 11 is 0. The Morgan fingerprint density at radius 2 is 1.89 bits per heavy atom. The minimum absolute atomic E-state index is 0.470. The van der Waals surface area contributed by atoms with Crippen LogP contribution in [0.1, 0.15) is 66.2 Å². The fraction of sp³-hybridized carbons (Fsp3) is 1.00. The molecule has 1 N–H and O–H groups in total. The van der Waals surface area contributed by atoms with Crippen LogP contribution in [0.5, 0.6) is 0 Å².